The lowest BCUT2D eigenvalue weighted by Crippen LogP contribution is -2.32. The molecule has 1 saturated carbocycles. The molecule has 0 atom stereocenters. The Morgan fingerprint density at radius 1 is 1.22 bits per heavy atom. The highest BCUT2D eigenvalue weighted by molar-refractivity contribution is 6.43. The Hall–Kier alpha value is -2.04. The van der Waals surface area contributed by atoms with E-state index in [0.717, 1.165) is 12.8 Å². The van der Waals surface area contributed by atoms with Crippen LogP contribution in [0.25, 0.3) is 0 Å². The van der Waals surface area contributed by atoms with Gasteiger partial charge in [-0.1, -0.05) is 0 Å². The van der Waals surface area contributed by atoms with Crippen LogP contribution in [0.4, 0.5) is 0 Å². The molecule has 1 aromatic rings. The molecule has 0 unspecified atom stereocenters. The van der Waals surface area contributed by atoms with Gasteiger partial charge >= 0.3 is 0 Å². The molecule has 0 radical (unpaired) electrons. The summed E-state index contributed by atoms with van der Waals surface area (Å²) in [5, 5.41) is 2.66. The fourth-order valence-corrected chi connectivity index (χ4v) is 1.59. The van der Waals surface area contributed by atoms with E-state index in [4.69, 9.17) is 9.47 Å². The van der Waals surface area contributed by atoms with Crippen LogP contribution >= 0.6 is 0 Å². The van der Waals surface area contributed by atoms with Gasteiger partial charge in [0.25, 0.3) is 11.7 Å². The molecular formula is C13H15NO4. The molecule has 0 aromatic heterocycles. The maximum Gasteiger partial charge on any atom is 0.292 e. The fourth-order valence-electron chi connectivity index (χ4n) is 1.59. The third-order valence-corrected chi connectivity index (χ3v) is 2.77. The number of hydrogen-bond donors (Lipinski definition) is 1. The number of amides is 1. The molecule has 1 aliphatic carbocycles. The van der Waals surface area contributed by atoms with Gasteiger partial charge in [-0.2, -0.15) is 0 Å². The van der Waals surface area contributed by atoms with Gasteiger partial charge in [-0.05, 0) is 25.0 Å². The Kier molecular flexibility index (Phi) is 3.50. The van der Waals surface area contributed by atoms with Crippen molar-refractivity contribution < 1.29 is 19.1 Å². The lowest BCUT2D eigenvalue weighted by molar-refractivity contribution is -0.117. The Morgan fingerprint density at radius 3 is 2.50 bits per heavy atom. The smallest absolute Gasteiger partial charge is 0.292 e. The van der Waals surface area contributed by atoms with Crippen molar-refractivity contribution in [3.05, 3.63) is 23.8 Å². The van der Waals surface area contributed by atoms with Crippen LogP contribution in [-0.4, -0.2) is 32.0 Å². The van der Waals surface area contributed by atoms with Gasteiger partial charge in [-0.3, -0.25) is 9.59 Å². The van der Waals surface area contributed by atoms with Gasteiger partial charge in [0.05, 0.1) is 19.8 Å². The zero-order valence-corrected chi connectivity index (χ0v) is 10.4. The van der Waals surface area contributed by atoms with Gasteiger partial charge in [0, 0.05) is 12.1 Å². The number of carbonyl (C=O) groups excluding carboxylic acids is 2. The van der Waals surface area contributed by atoms with E-state index in [0.29, 0.717) is 11.5 Å². The Balaban J connectivity index is 2.20. The average molecular weight is 249 g/mol. The van der Waals surface area contributed by atoms with E-state index in [1.165, 1.54) is 20.3 Å². The van der Waals surface area contributed by atoms with Crippen LogP contribution in [0.15, 0.2) is 18.2 Å². The molecule has 1 N–H and O–H groups in total. The predicted octanol–water partition coefficient (Wildman–Crippen LogP) is 1.17. The second-order valence-electron chi connectivity index (χ2n) is 4.14. The van der Waals surface area contributed by atoms with E-state index in [2.05, 4.69) is 5.32 Å². The van der Waals surface area contributed by atoms with Crippen molar-refractivity contribution in [2.45, 2.75) is 18.9 Å². The van der Waals surface area contributed by atoms with E-state index >= 15 is 0 Å². The number of nitrogens with one attached hydrogen (secondary N) is 1. The number of ether oxygens (including phenoxy) is 2. The summed E-state index contributed by atoms with van der Waals surface area (Å²) in [5.74, 6) is -0.251. The summed E-state index contributed by atoms with van der Waals surface area (Å²) >= 11 is 0. The van der Waals surface area contributed by atoms with E-state index in [-0.39, 0.29) is 11.6 Å². The van der Waals surface area contributed by atoms with Crippen molar-refractivity contribution >= 4 is 11.7 Å². The van der Waals surface area contributed by atoms with Gasteiger partial charge in [0.15, 0.2) is 0 Å². The first-order valence-corrected chi connectivity index (χ1v) is 5.73. The Labute approximate surface area is 105 Å². The number of hydrogen-bond acceptors (Lipinski definition) is 4. The molecule has 0 spiro atoms. The molecule has 18 heavy (non-hydrogen) atoms. The third-order valence-electron chi connectivity index (χ3n) is 2.77. The summed E-state index contributed by atoms with van der Waals surface area (Å²) in [6, 6.07) is 4.90. The molecule has 5 nitrogen and oxygen atoms in total. The molecule has 1 amide bonds. The quantitative estimate of drug-likeness (QED) is 0.628. The zero-order valence-electron chi connectivity index (χ0n) is 10.4. The topological polar surface area (TPSA) is 64.6 Å². The monoisotopic (exact) mass is 249 g/mol. The van der Waals surface area contributed by atoms with Crippen LogP contribution in [0.3, 0.4) is 0 Å². The van der Waals surface area contributed by atoms with Gasteiger partial charge in [-0.25, -0.2) is 0 Å². The van der Waals surface area contributed by atoms with Crippen molar-refractivity contribution in [3.8, 4) is 11.5 Å². The number of rotatable bonds is 5. The lowest BCUT2D eigenvalue weighted by Gasteiger charge is -2.09. The average Bonchev–Trinajstić information content (AvgIpc) is 3.20. The third kappa shape index (κ3) is 2.61. The highest BCUT2D eigenvalue weighted by atomic mass is 16.5. The number of ketones is 1. The summed E-state index contributed by atoms with van der Waals surface area (Å²) < 4.78 is 10.1. The Bertz CT molecular complexity index is 480. The fraction of sp³-hybridized carbons (Fsp3) is 0.385. The molecule has 96 valence electrons. The van der Waals surface area contributed by atoms with E-state index in [9.17, 15) is 9.59 Å². The Morgan fingerprint density at radius 2 is 1.94 bits per heavy atom. The van der Waals surface area contributed by atoms with Crippen LogP contribution in [0, 0.1) is 0 Å². The summed E-state index contributed by atoms with van der Waals surface area (Å²) in [4.78, 5) is 23.6. The maximum absolute atomic E-state index is 12.0. The van der Waals surface area contributed by atoms with Crippen LogP contribution in [0.5, 0.6) is 11.5 Å². The number of carbonyl (C=O) groups is 2. The molecule has 0 aliphatic heterocycles. The molecule has 0 saturated heterocycles. The first kappa shape index (κ1) is 12.4. The van der Waals surface area contributed by atoms with E-state index in [1.807, 2.05) is 0 Å². The SMILES string of the molecule is COc1ccc(C(=O)C(=O)NC2CC2)c(OC)c1. The second kappa shape index (κ2) is 5.08. The highest BCUT2D eigenvalue weighted by Gasteiger charge is 2.28. The maximum atomic E-state index is 12.0. The molecule has 1 aliphatic rings. The minimum Gasteiger partial charge on any atom is -0.497 e. The molecule has 1 aromatic carbocycles. The number of Topliss-reactive ketones (excluding diaryl/α,β-unsaturated/α-hetero) is 1. The van der Waals surface area contributed by atoms with Crippen molar-refractivity contribution in [1.29, 1.82) is 0 Å². The van der Waals surface area contributed by atoms with Crippen molar-refractivity contribution in [3.63, 3.8) is 0 Å². The lowest BCUT2D eigenvalue weighted by atomic mass is 10.1. The van der Waals surface area contributed by atoms with Crippen molar-refractivity contribution in [2.75, 3.05) is 14.2 Å². The minimum atomic E-state index is -0.582. The van der Waals surface area contributed by atoms with E-state index < -0.39 is 11.7 Å². The summed E-state index contributed by atoms with van der Waals surface area (Å²) in [6.07, 6.45) is 1.89. The number of methoxy groups -OCH3 is 2. The second-order valence-corrected chi connectivity index (χ2v) is 4.14. The molecule has 0 heterocycles. The van der Waals surface area contributed by atoms with Crippen LogP contribution in [-0.2, 0) is 4.79 Å². The molecule has 1 fully saturated rings. The zero-order chi connectivity index (χ0) is 13.1. The largest absolute Gasteiger partial charge is 0.497 e. The normalized spacial score (nSPS) is 13.9. The van der Waals surface area contributed by atoms with Gasteiger partial charge in [0.1, 0.15) is 11.5 Å². The first-order valence-electron chi connectivity index (χ1n) is 5.73. The van der Waals surface area contributed by atoms with Gasteiger partial charge < -0.3 is 14.8 Å². The minimum absolute atomic E-state index is 0.158. The van der Waals surface area contributed by atoms with Gasteiger partial charge in [-0.15, -0.1) is 0 Å². The van der Waals surface area contributed by atoms with Crippen LogP contribution in [0.1, 0.15) is 23.2 Å². The molecular weight excluding hydrogens is 234 g/mol. The molecule has 2 rings (SSSR count). The van der Waals surface area contributed by atoms with Crippen LogP contribution in [0.2, 0.25) is 0 Å². The van der Waals surface area contributed by atoms with Crippen molar-refractivity contribution in [2.24, 2.45) is 0 Å². The summed E-state index contributed by atoms with van der Waals surface area (Å²) in [5.41, 5.74) is 0.247. The van der Waals surface area contributed by atoms with Crippen molar-refractivity contribution in [1.82, 2.24) is 5.32 Å². The van der Waals surface area contributed by atoms with E-state index in [1.54, 1.807) is 12.1 Å². The highest BCUT2D eigenvalue weighted by Crippen LogP contribution is 2.25. The standard InChI is InChI=1S/C13H15NO4/c1-17-9-5-6-10(11(7-9)18-2)12(15)13(16)14-8-3-4-8/h5-8H,3-4H2,1-2H3,(H,14,16). The van der Waals surface area contributed by atoms with Crippen LogP contribution < -0.4 is 14.8 Å². The summed E-state index contributed by atoms with van der Waals surface area (Å²) in [6.45, 7) is 0. The summed E-state index contributed by atoms with van der Waals surface area (Å²) in [7, 11) is 2.97. The predicted molar refractivity (Wildman–Crippen MR) is 65.0 cm³/mol. The van der Waals surface area contributed by atoms with Gasteiger partial charge in [0.2, 0.25) is 0 Å². The molecule has 5 heteroatoms. The first-order chi connectivity index (χ1) is 8.65. The number of benzene rings is 1. The molecule has 0 bridgehead atoms.